The predicted octanol–water partition coefficient (Wildman–Crippen LogP) is 3.85. The van der Waals surface area contributed by atoms with Gasteiger partial charge in [-0.05, 0) is 45.3 Å². The summed E-state index contributed by atoms with van der Waals surface area (Å²) in [5.74, 6) is 0.631. The molecule has 10 heteroatoms. The van der Waals surface area contributed by atoms with Gasteiger partial charge in [0.15, 0.2) is 16.6 Å². The number of rotatable bonds is 8. The number of hydrogen-bond acceptors (Lipinski definition) is 6. The molecule has 1 saturated heterocycles. The molecule has 160 valence electrons. The summed E-state index contributed by atoms with van der Waals surface area (Å²) in [5, 5.41) is 0. The van der Waals surface area contributed by atoms with Crippen LogP contribution in [0.15, 0.2) is 17.1 Å². The summed E-state index contributed by atoms with van der Waals surface area (Å²) in [6.07, 6.45) is 1.79. The molecule has 7 nitrogen and oxygen atoms in total. The van der Waals surface area contributed by atoms with Gasteiger partial charge in [-0.25, -0.2) is 4.79 Å². The van der Waals surface area contributed by atoms with Gasteiger partial charge in [0.25, 0.3) is 0 Å². The maximum Gasteiger partial charge on any atom is 0.351 e. The van der Waals surface area contributed by atoms with E-state index in [0.29, 0.717) is 18.8 Å². The molecule has 3 atom stereocenters. The minimum absolute atomic E-state index is 0.0697. The zero-order valence-corrected chi connectivity index (χ0v) is 21.8. The molecular formula is C18H37N3O4Si3. The maximum atomic E-state index is 12.6. The van der Waals surface area contributed by atoms with E-state index in [1.807, 2.05) is 6.07 Å². The Morgan fingerprint density at radius 3 is 2.29 bits per heavy atom. The van der Waals surface area contributed by atoms with Crippen LogP contribution in [0.25, 0.3) is 0 Å². The molecule has 0 saturated carbocycles. The van der Waals surface area contributed by atoms with E-state index in [9.17, 15) is 4.79 Å². The molecule has 1 aliphatic heterocycles. The van der Waals surface area contributed by atoms with Crippen LogP contribution in [0.5, 0.6) is 0 Å². The quantitative estimate of drug-likeness (QED) is 0.615. The Hall–Kier alpha value is -0.789. The Labute approximate surface area is 172 Å². The monoisotopic (exact) mass is 443 g/mol. The first kappa shape index (κ1) is 23.5. The van der Waals surface area contributed by atoms with Crippen molar-refractivity contribution in [2.75, 3.05) is 11.6 Å². The van der Waals surface area contributed by atoms with Gasteiger partial charge in [-0.15, -0.1) is 0 Å². The summed E-state index contributed by atoms with van der Waals surface area (Å²) >= 11 is 0. The van der Waals surface area contributed by atoms with Crippen molar-refractivity contribution in [3.63, 3.8) is 0 Å². The molecule has 28 heavy (non-hydrogen) atoms. The van der Waals surface area contributed by atoms with Gasteiger partial charge in [0.2, 0.25) is 0 Å². The number of anilines is 1. The lowest BCUT2D eigenvalue weighted by molar-refractivity contribution is -0.0396. The average molecular weight is 444 g/mol. The van der Waals surface area contributed by atoms with Gasteiger partial charge in [0, 0.05) is 12.6 Å². The van der Waals surface area contributed by atoms with Crippen molar-refractivity contribution in [3.8, 4) is 0 Å². The third kappa shape index (κ3) is 7.56. The lowest BCUT2D eigenvalue weighted by Gasteiger charge is -2.28. The van der Waals surface area contributed by atoms with Gasteiger partial charge in [-0.1, -0.05) is 19.6 Å². The van der Waals surface area contributed by atoms with E-state index in [-0.39, 0.29) is 24.1 Å². The van der Waals surface area contributed by atoms with Crippen molar-refractivity contribution in [2.24, 2.45) is 0 Å². The first-order chi connectivity index (χ1) is 12.6. The van der Waals surface area contributed by atoms with Gasteiger partial charge in [0.05, 0.1) is 12.7 Å². The summed E-state index contributed by atoms with van der Waals surface area (Å²) in [4.78, 5) is 20.2. The van der Waals surface area contributed by atoms with Crippen LogP contribution in [0.1, 0.15) is 12.6 Å². The van der Waals surface area contributed by atoms with Crippen molar-refractivity contribution in [1.29, 1.82) is 0 Å². The van der Waals surface area contributed by atoms with Gasteiger partial charge in [0.1, 0.15) is 26.4 Å². The highest BCUT2D eigenvalue weighted by Gasteiger charge is 2.40. The van der Waals surface area contributed by atoms with E-state index in [2.05, 4.69) is 68.9 Å². The molecule has 1 aliphatic rings. The molecule has 1 aromatic heterocycles. The van der Waals surface area contributed by atoms with Gasteiger partial charge >= 0.3 is 5.69 Å². The molecule has 1 N–H and O–H groups in total. The molecule has 0 aromatic carbocycles. The van der Waals surface area contributed by atoms with Gasteiger partial charge < -0.3 is 18.6 Å². The Morgan fingerprint density at radius 2 is 1.79 bits per heavy atom. The molecule has 3 unspecified atom stereocenters. The smallest absolute Gasteiger partial charge is 0.351 e. The van der Waals surface area contributed by atoms with Gasteiger partial charge in [-0.2, -0.15) is 4.98 Å². The minimum Gasteiger partial charge on any atom is -0.415 e. The maximum absolute atomic E-state index is 12.6. The normalized spacial score (nSPS) is 23.8. The van der Waals surface area contributed by atoms with Crippen LogP contribution in [0.4, 0.5) is 5.82 Å². The van der Waals surface area contributed by atoms with E-state index in [1.54, 1.807) is 10.8 Å². The third-order valence-corrected chi connectivity index (χ3v) is 7.06. The summed E-state index contributed by atoms with van der Waals surface area (Å²) < 4.78 is 20.3. The Bertz CT molecular complexity index is 723. The highest BCUT2D eigenvalue weighted by Crippen LogP contribution is 2.32. The van der Waals surface area contributed by atoms with E-state index in [1.165, 1.54) is 0 Å². The van der Waals surface area contributed by atoms with Crippen LogP contribution >= 0.6 is 0 Å². The fraction of sp³-hybridized carbons (Fsp3) is 0.778. The third-order valence-electron chi connectivity index (χ3n) is 4.01. The lowest BCUT2D eigenvalue weighted by atomic mass is 10.2. The van der Waals surface area contributed by atoms with Crippen molar-refractivity contribution in [3.05, 3.63) is 22.7 Å². The second-order valence-corrected chi connectivity index (χ2v) is 24.2. The van der Waals surface area contributed by atoms with Crippen LogP contribution < -0.4 is 10.7 Å². The van der Waals surface area contributed by atoms with E-state index < -0.39 is 24.9 Å². The summed E-state index contributed by atoms with van der Waals surface area (Å²) in [7, 11) is -4.98. The first-order valence-corrected chi connectivity index (χ1v) is 20.3. The minimum atomic E-state index is -1.75. The van der Waals surface area contributed by atoms with Crippen LogP contribution in [-0.2, 0) is 13.6 Å². The number of aromatic nitrogens is 2. The SMILES string of the molecule is C[Si](C)(C)Nc1ccn(C2CC(O[Si](C)(C)C)C(CO[Si](C)(C)C)O2)c(=O)n1. The second-order valence-electron chi connectivity index (χ2n) is 10.4. The highest BCUT2D eigenvalue weighted by atomic mass is 28.4. The fourth-order valence-corrected chi connectivity index (χ4v) is 5.75. The summed E-state index contributed by atoms with van der Waals surface area (Å²) in [6.45, 7) is 20.0. The molecule has 1 aromatic rings. The topological polar surface area (TPSA) is 74.6 Å². The van der Waals surface area contributed by atoms with Crippen LogP contribution in [0.3, 0.4) is 0 Å². The number of hydrogen-bond donors (Lipinski definition) is 1. The Kier molecular flexibility index (Phi) is 7.15. The number of nitrogens with zero attached hydrogens (tertiary/aromatic N) is 2. The lowest BCUT2D eigenvalue weighted by Crippen LogP contribution is -2.40. The molecule has 0 spiro atoms. The van der Waals surface area contributed by atoms with Gasteiger partial charge in [-0.3, -0.25) is 4.57 Å². The molecule has 0 bridgehead atoms. The molecule has 2 heterocycles. The van der Waals surface area contributed by atoms with E-state index >= 15 is 0 Å². The molecule has 2 rings (SSSR count). The number of nitrogens with one attached hydrogen (secondary N) is 1. The van der Waals surface area contributed by atoms with Crippen molar-refractivity contribution < 1.29 is 13.6 Å². The molecule has 0 radical (unpaired) electrons. The van der Waals surface area contributed by atoms with E-state index in [4.69, 9.17) is 13.6 Å². The summed E-state index contributed by atoms with van der Waals surface area (Å²) in [5.41, 5.74) is -0.299. The van der Waals surface area contributed by atoms with Crippen molar-refractivity contribution in [1.82, 2.24) is 9.55 Å². The highest BCUT2D eigenvalue weighted by molar-refractivity contribution is 6.79. The van der Waals surface area contributed by atoms with Crippen LogP contribution in [-0.4, -0.2) is 53.2 Å². The molecule has 1 fully saturated rings. The average Bonchev–Trinajstić information content (AvgIpc) is 2.83. The predicted molar refractivity (Wildman–Crippen MR) is 122 cm³/mol. The Balaban J connectivity index is 2.18. The molecule has 0 amide bonds. The zero-order chi connectivity index (χ0) is 21.3. The largest absolute Gasteiger partial charge is 0.415 e. The fourth-order valence-electron chi connectivity index (χ4n) is 3.02. The summed E-state index contributed by atoms with van der Waals surface area (Å²) in [6, 6.07) is 1.85. The second kappa shape index (κ2) is 8.52. The van der Waals surface area contributed by atoms with Crippen molar-refractivity contribution >= 4 is 30.7 Å². The first-order valence-electron chi connectivity index (χ1n) is 9.98. The zero-order valence-electron chi connectivity index (χ0n) is 18.8. The van der Waals surface area contributed by atoms with Crippen molar-refractivity contribution in [2.45, 2.75) is 83.8 Å². The molecule has 0 aliphatic carbocycles. The van der Waals surface area contributed by atoms with E-state index in [0.717, 1.165) is 0 Å². The molecular weight excluding hydrogens is 406 g/mol. The Morgan fingerprint density at radius 1 is 1.14 bits per heavy atom. The van der Waals surface area contributed by atoms with Crippen LogP contribution in [0.2, 0.25) is 58.9 Å². The number of ether oxygens (including phenoxy) is 1. The standard InChI is InChI=1S/C18H37N3O4Si3/c1-26(2,3)20-16-10-11-21(18(22)19-16)17-12-14(25-28(7,8)9)15(24-17)13-23-27(4,5)6/h10-11,14-15,17H,12-13H2,1-9H3,(H,19,20,22). The van der Waals surface area contributed by atoms with Crippen LogP contribution in [0, 0.1) is 0 Å².